The predicted octanol–water partition coefficient (Wildman–Crippen LogP) is 0.239. The van der Waals surface area contributed by atoms with Crippen LogP contribution in [0.5, 0.6) is 0 Å². The second-order valence-corrected chi connectivity index (χ2v) is 5.50. The van der Waals surface area contributed by atoms with Crippen LogP contribution >= 0.6 is 23.4 Å². The van der Waals surface area contributed by atoms with Crippen molar-refractivity contribution in [2.24, 2.45) is 0 Å². The molecule has 2 rings (SSSR count). The fraction of sp³-hybridized carbons (Fsp3) is 0.600. The number of nitrogens with one attached hydrogen (secondary N) is 1. The minimum absolute atomic E-state index is 0.0885. The highest BCUT2D eigenvalue weighted by molar-refractivity contribution is 7.99. The Morgan fingerprint density at radius 3 is 2.65 bits per heavy atom. The highest BCUT2D eigenvalue weighted by Crippen LogP contribution is 2.08. The van der Waals surface area contributed by atoms with E-state index in [9.17, 15) is 9.59 Å². The van der Waals surface area contributed by atoms with Gasteiger partial charge in [0.1, 0.15) is 5.15 Å². The highest BCUT2D eigenvalue weighted by Gasteiger charge is 2.11. The summed E-state index contributed by atoms with van der Waals surface area (Å²) >= 11 is 7.52. The van der Waals surface area contributed by atoms with Crippen molar-refractivity contribution >= 4 is 23.4 Å². The van der Waals surface area contributed by atoms with Gasteiger partial charge in [-0.05, 0) is 0 Å². The average molecular weight is 276 g/mol. The number of nitrogens with zero attached hydrogens (tertiary/aromatic N) is 2. The summed E-state index contributed by atoms with van der Waals surface area (Å²) in [5.74, 6) is 2.23. The first-order valence-corrected chi connectivity index (χ1v) is 7.00. The van der Waals surface area contributed by atoms with Crippen LogP contribution in [0.25, 0.3) is 0 Å². The van der Waals surface area contributed by atoms with Gasteiger partial charge in [-0.1, -0.05) is 11.6 Å². The molecule has 7 heteroatoms. The van der Waals surface area contributed by atoms with Gasteiger partial charge in [-0.2, -0.15) is 11.8 Å². The van der Waals surface area contributed by atoms with Crippen molar-refractivity contribution in [3.8, 4) is 0 Å². The highest BCUT2D eigenvalue weighted by atomic mass is 35.5. The quantitative estimate of drug-likeness (QED) is 0.803. The van der Waals surface area contributed by atoms with Crippen molar-refractivity contribution in [1.82, 2.24) is 14.5 Å². The summed E-state index contributed by atoms with van der Waals surface area (Å²) in [7, 11) is 0. The summed E-state index contributed by atoms with van der Waals surface area (Å²) in [6.07, 6.45) is 0. The van der Waals surface area contributed by atoms with Crippen molar-refractivity contribution < 1.29 is 0 Å². The predicted molar refractivity (Wildman–Crippen MR) is 70.1 cm³/mol. The summed E-state index contributed by atoms with van der Waals surface area (Å²) in [5.41, 5.74) is -0.779. The molecule has 94 valence electrons. The normalized spacial score (nSPS) is 17.2. The number of hydrogen-bond donors (Lipinski definition) is 1. The molecule has 0 radical (unpaired) electrons. The molecule has 0 unspecified atom stereocenters. The number of halogens is 1. The number of aromatic nitrogens is 2. The second-order valence-electron chi connectivity index (χ2n) is 3.87. The zero-order chi connectivity index (χ0) is 12.3. The average Bonchev–Trinajstić information content (AvgIpc) is 2.29. The lowest BCUT2D eigenvalue weighted by atomic mass is 10.4. The van der Waals surface area contributed by atoms with Gasteiger partial charge in [-0.3, -0.25) is 19.2 Å². The molecule has 0 amide bonds. The van der Waals surface area contributed by atoms with Crippen LogP contribution in [0.3, 0.4) is 0 Å². The fourth-order valence-corrected chi connectivity index (χ4v) is 2.92. The van der Waals surface area contributed by atoms with Crippen molar-refractivity contribution in [2.45, 2.75) is 6.54 Å². The van der Waals surface area contributed by atoms with Gasteiger partial charge in [0.2, 0.25) is 0 Å². The van der Waals surface area contributed by atoms with Crippen LogP contribution in [-0.4, -0.2) is 45.6 Å². The van der Waals surface area contributed by atoms with E-state index in [2.05, 4.69) is 9.88 Å². The number of rotatable bonds is 3. The van der Waals surface area contributed by atoms with E-state index in [4.69, 9.17) is 11.6 Å². The van der Waals surface area contributed by atoms with Crippen LogP contribution in [0.1, 0.15) is 0 Å². The third-order valence-electron chi connectivity index (χ3n) is 2.73. The molecule has 1 aliphatic heterocycles. The van der Waals surface area contributed by atoms with E-state index in [1.54, 1.807) is 0 Å². The second kappa shape index (κ2) is 5.75. The summed E-state index contributed by atoms with van der Waals surface area (Å²) in [4.78, 5) is 27.8. The van der Waals surface area contributed by atoms with Crippen molar-refractivity contribution in [3.05, 3.63) is 32.1 Å². The molecular formula is C10H14ClN3O2S. The Bertz CT molecular complexity index is 462. The molecule has 17 heavy (non-hydrogen) atoms. The molecule has 1 aromatic rings. The van der Waals surface area contributed by atoms with Crippen LogP contribution in [0.15, 0.2) is 15.7 Å². The number of hydrogen-bond acceptors (Lipinski definition) is 4. The van der Waals surface area contributed by atoms with Crippen molar-refractivity contribution in [3.63, 3.8) is 0 Å². The Morgan fingerprint density at radius 2 is 2.00 bits per heavy atom. The van der Waals surface area contributed by atoms with Gasteiger partial charge in [0, 0.05) is 43.8 Å². The van der Waals surface area contributed by atoms with Crippen molar-refractivity contribution in [1.29, 1.82) is 0 Å². The van der Waals surface area contributed by atoms with E-state index >= 15 is 0 Å². The van der Waals surface area contributed by atoms with Gasteiger partial charge in [-0.15, -0.1) is 0 Å². The van der Waals surface area contributed by atoms with Crippen LogP contribution < -0.4 is 11.2 Å². The maximum Gasteiger partial charge on any atom is 0.329 e. The molecule has 0 aromatic carbocycles. The zero-order valence-corrected chi connectivity index (χ0v) is 10.9. The van der Waals surface area contributed by atoms with Gasteiger partial charge in [0.25, 0.3) is 5.56 Å². The Balaban J connectivity index is 2.03. The summed E-state index contributed by atoms with van der Waals surface area (Å²) in [5, 5.41) is 0.0885. The van der Waals surface area contributed by atoms with E-state index in [1.165, 1.54) is 10.6 Å². The largest absolute Gasteiger partial charge is 0.329 e. The lowest BCUT2D eigenvalue weighted by molar-refractivity contribution is 0.286. The molecule has 1 saturated heterocycles. The molecule has 1 N–H and O–H groups in total. The van der Waals surface area contributed by atoms with E-state index in [0.717, 1.165) is 31.1 Å². The van der Waals surface area contributed by atoms with Gasteiger partial charge in [-0.25, -0.2) is 4.79 Å². The molecule has 1 fully saturated rings. The van der Waals surface area contributed by atoms with Crippen LogP contribution in [-0.2, 0) is 6.54 Å². The molecule has 0 spiro atoms. The third-order valence-corrected chi connectivity index (χ3v) is 3.88. The molecule has 1 aromatic heterocycles. The standard InChI is InChI=1S/C10H14ClN3O2S/c11-8-7-9(15)14(10(16)12-8)2-1-13-3-5-17-6-4-13/h7H,1-6H2,(H,12,16). The summed E-state index contributed by atoms with van der Waals surface area (Å²) in [6, 6.07) is 1.23. The monoisotopic (exact) mass is 275 g/mol. The summed E-state index contributed by atoms with van der Waals surface area (Å²) < 4.78 is 1.19. The third kappa shape index (κ3) is 3.37. The lowest BCUT2D eigenvalue weighted by Gasteiger charge is -2.25. The first-order valence-electron chi connectivity index (χ1n) is 5.46. The first kappa shape index (κ1) is 12.7. The van der Waals surface area contributed by atoms with E-state index < -0.39 is 5.69 Å². The van der Waals surface area contributed by atoms with Gasteiger partial charge >= 0.3 is 5.69 Å². The minimum Gasteiger partial charge on any atom is -0.300 e. The van der Waals surface area contributed by atoms with Crippen molar-refractivity contribution in [2.75, 3.05) is 31.1 Å². The van der Waals surface area contributed by atoms with Crippen LogP contribution in [0.4, 0.5) is 0 Å². The van der Waals surface area contributed by atoms with E-state index in [-0.39, 0.29) is 10.7 Å². The maximum absolute atomic E-state index is 11.6. The lowest BCUT2D eigenvalue weighted by Crippen LogP contribution is -2.41. The number of thioether (sulfide) groups is 1. The molecule has 5 nitrogen and oxygen atoms in total. The minimum atomic E-state index is -0.436. The van der Waals surface area contributed by atoms with E-state index in [0.29, 0.717) is 6.54 Å². The maximum atomic E-state index is 11.6. The molecule has 1 aliphatic rings. The number of aromatic amines is 1. The number of H-pyrrole nitrogens is 1. The molecule has 2 heterocycles. The Hall–Kier alpha value is -0.720. The van der Waals surface area contributed by atoms with Gasteiger partial charge in [0.05, 0.1) is 0 Å². The SMILES string of the molecule is O=c1cc(Cl)[nH]c(=O)n1CCN1CCSCC1. The molecule has 0 aliphatic carbocycles. The Morgan fingerprint density at radius 1 is 1.29 bits per heavy atom. The fourth-order valence-electron chi connectivity index (χ4n) is 1.77. The van der Waals surface area contributed by atoms with Crippen LogP contribution in [0, 0.1) is 0 Å². The topological polar surface area (TPSA) is 58.1 Å². The molecular weight excluding hydrogens is 262 g/mol. The molecule has 0 saturated carbocycles. The first-order chi connectivity index (χ1) is 8.16. The Kier molecular flexibility index (Phi) is 4.31. The molecule has 0 atom stereocenters. The Labute approximate surface area is 108 Å². The molecule has 0 bridgehead atoms. The zero-order valence-electron chi connectivity index (χ0n) is 9.32. The summed E-state index contributed by atoms with van der Waals surface area (Å²) in [6.45, 7) is 3.18. The van der Waals surface area contributed by atoms with Gasteiger partial charge in [0.15, 0.2) is 0 Å². The smallest absolute Gasteiger partial charge is 0.300 e. The van der Waals surface area contributed by atoms with Crippen LogP contribution in [0.2, 0.25) is 5.15 Å². The van der Waals surface area contributed by atoms with E-state index in [1.807, 2.05) is 11.8 Å². The van der Waals surface area contributed by atoms with Gasteiger partial charge < -0.3 is 0 Å².